The number of likely N-dealkylation sites (N-methyl/N-ethyl adjacent to an activating group) is 1. The van der Waals surface area contributed by atoms with Crippen LogP contribution in [0.5, 0.6) is 0 Å². The first kappa shape index (κ1) is 14.1. The maximum absolute atomic E-state index is 5.63. The third-order valence-corrected chi connectivity index (χ3v) is 2.46. The quantitative estimate of drug-likeness (QED) is 0.705. The molecule has 0 saturated carbocycles. The lowest BCUT2D eigenvalue weighted by molar-refractivity contribution is 0.0217. The second-order valence-electron chi connectivity index (χ2n) is 4.27. The molecule has 5 heteroatoms. The Bertz CT molecular complexity index is 312. The lowest BCUT2D eigenvalue weighted by atomic mass is 10.1. The third-order valence-electron chi connectivity index (χ3n) is 2.46. The van der Waals surface area contributed by atoms with Gasteiger partial charge in [-0.25, -0.2) is 0 Å². The zero-order valence-corrected chi connectivity index (χ0v) is 11.2. The lowest BCUT2D eigenvalue weighted by Gasteiger charge is -2.16. The van der Waals surface area contributed by atoms with Crippen molar-refractivity contribution >= 4 is 0 Å². The molecule has 1 heterocycles. The molecule has 1 atom stereocenters. The molecule has 0 fully saturated rings. The summed E-state index contributed by atoms with van der Waals surface area (Å²) in [6, 6.07) is 0. The fourth-order valence-corrected chi connectivity index (χ4v) is 1.60. The minimum Gasteiger partial charge on any atom is -0.370 e. The smallest absolute Gasteiger partial charge is 0.228 e. The average Bonchev–Trinajstić information content (AvgIpc) is 2.74. The van der Waals surface area contributed by atoms with Crippen molar-refractivity contribution in [1.29, 1.82) is 0 Å². The molecule has 1 aromatic heterocycles. The first-order valence-corrected chi connectivity index (χ1v) is 6.33. The highest BCUT2D eigenvalue weighted by Gasteiger charge is 2.21. The van der Waals surface area contributed by atoms with Crippen LogP contribution in [0.1, 0.15) is 45.5 Å². The SMILES string of the molecule is CCNCCc1nc(C(OCC)C(C)C)no1. The number of hydrogen-bond acceptors (Lipinski definition) is 5. The van der Waals surface area contributed by atoms with Gasteiger partial charge in [0, 0.05) is 19.6 Å². The van der Waals surface area contributed by atoms with Crippen LogP contribution < -0.4 is 5.32 Å². The van der Waals surface area contributed by atoms with E-state index in [0.29, 0.717) is 24.2 Å². The van der Waals surface area contributed by atoms with Gasteiger partial charge in [0.1, 0.15) is 6.10 Å². The van der Waals surface area contributed by atoms with Crippen LogP contribution in [-0.2, 0) is 11.2 Å². The van der Waals surface area contributed by atoms with Crippen molar-refractivity contribution in [3.05, 3.63) is 11.7 Å². The van der Waals surface area contributed by atoms with E-state index in [2.05, 4.69) is 36.2 Å². The summed E-state index contributed by atoms with van der Waals surface area (Å²) in [6.07, 6.45) is 0.689. The number of ether oxygens (including phenoxy) is 1. The number of aromatic nitrogens is 2. The lowest BCUT2D eigenvalue weighted by Crippen LogP contribution is -2.16. The molecule has 1 N–H and O–H groups in total. The highest BCUT2D eigenvalue weighted by Crippen LogP contribution is 2.23. The van der Waals surface area contributed by atoms with Crippen molar-refractivity contribution in [3.8, 4) is 0 Å². The molecule has 98 valence electrons. The summed E-state index contributed by atoms with van der Waals surface area (Å²) in [6.45, 7) is 10.7. The van der Waals surface area contributed by atoms with Gasteiger partial charge in [-0.05, 0) is 19.4 Å². The molecule has 17 heavy (non-hydrogen) atoms. The summed E-state index contributed by atoms with van der Waals surface area (Å²) in [5.74, 6) is 1.67. The highest BCUT2D eigenvalue weighted by molar-refractivity contribution is 4.93. The number of hydrogen-bond donors (Lipinski definition) is 1. The van der Waals surface area contributed by atoms with Gasteiger partial charge in [0.25, 0.3) is 0 Å². The Balaban J connectivity index is 2.58. The Labute approximate surface area is 103 Å². The highest BCUT2D eigenvalue weighted by atomic mass is 16.5. The average molecular weight is 241 g/mol. The van der Waals surface area contributed by atoms with Crippen molar-refractivity contribution < 1.29 is 9.26 Å². The minimum atomic E-state index is -0.0726. The molecule has 0 spiro atoms. The van der Waals surface area contributed by atoms with Crippen molar-refractivity contribution in [2.24, 2.45) is 5.92 Å². The third kappa shape index (κ3) is 4.44. The predicted octanol–water partition coefficient (Wildman–Crippen LogP) is 1.96. The van der Waals surface area contributed by atoms with E-state index in [1.54, 1.807) is 0 Å². The zero-order chi connectivity index (χ0) is 12.7. The molecule has 1 rings (SSSR count). The largest absolute Gasteiger partial charge is 0.370 e. The van der Waals surface area contributed by atoms with E-state index in [1.807, 2.05) is 6.92 Å². The summed E-state index contributed by atoms with van der Waals surface area (Å²) in [7, 11) is 0. The number of nitrogens with one attached hydrogen (secondary N) is 1. The van der Waals surface area contributed by atoms with E-state index in [-0.39, 0.29) is 6.10 Å². The Morgan fingerprint density at radius 1 is 1.35 bits per heavy atom. The molecule has 1 unspecified atom stereocenters. The molecular weight excluding hydrogens is 218 g/mol. The van der Waals surface area contributed by atoms with Crippen LogP contribution >= 0.6 is 0 Å². The molecular formula is C12H23N3O2. The van der Waals surface area contributed by atoms with Crippen LogP contribution in [0.4, 0.5) is 0 Å². The molecule has 0 aromatic carbocycles. The molecule has 0 aliphatic heterocycles. The molecule has 0 radical (unpaired) electrons. The van der Waals surface area contributed by atoms with Crippen molar-refractivity contribution in [2.75, 3.05) is 19.7 Å². The topological polar surface area (TPSA) is 60.2 Å². The first-order chi connectivity index (χ1) is 8.19. The van der Waals surface area contributed by atoms with Gasteiger partial charge in [-0.2, -0.15) is 4.98 Å². The van der Waals surface area contributed by atoms with Crippen LogP contribution in [0.25, 0.3) is 0 Å². The molecule has 0 aliphatic carbocycles. The van der Waals surface area contributed by atoms with Crippen LogP contribution in [0.2, 0.25) is 0 Å². The minimum absolute atomic E-state index is 0.0726. The second kappa shape index (κ2) is 7.40. The van der Waals surface area contributed by atoms with Crippen LogP contribution in [0.15, 0.2) is 4.52 Å². The second-order valence-corrected chi connectivity index (χ2v) is 4.27. The van der Waals surface area contributed by atoms with E-state index in [9.17, 15) is 0 Å². The van der Waals surface area contributed by atoms with Gasteiger partial charge in [-0.3, -0.25) is 0 Å². The molecule has 0 aliphatic rings. The summed E-state index contributed by atoms with van der Waals surface area (Å²) < 4.78 is 10.8. The maximum atomic E-state index is 5.63. The van der Waals surface area contributed by atoms with Gasteiger partial charge in [0.15, 0.2) is 0 Å². The Hall–Kier alpha value is -0.940. The zero-order valence-electron chi connectivity index (χ0n) is 11.2. The van der Waals surface area contributed by atoms with Gasteiger partial charge < -0.3 is 14.6 Å². The van der Waals surface area contributed by atoms with Crippen LogP contribution in [0.3, 0.4) is 0 Å². The Morgan fingerprint density at radius 3 is 2.71 bits per heavy atom. The van der Waals surface area contributed by atoms with Gasteiger partial charge in [-0.1, -0.05) is 25.9 Å². The number of rotatable bonds is 8. The predicted molar refractivity (Wildman–Crippen MR) is 65.8 cm³/mol. The van der Waals surface area contributed by atoms with E-state index in [1.165, 1.54) is 0 Å². The van der Waals surface area contributed by atoms with Gasteiger partial charge in [-0.15, -0.1) is 0 Å². The monoisotopic (exact) mass is 241 g/mol. The van der Waals surface area contributed by atoms with Gasteiger partial charge in [0.05, 0.1) is 0 Å². The molecule has 0 saturated heterocycles. The van der Waals surface area contributed by atoms with Gasteiger partial charge >= 0.3 is 0 Å². The van der Waals surface area contributed by atoms with E-state index in [0.717, 1.165) is 19.5 Å². The first-order valence-electron chi connectivity index (χ1n) is 6.33. The fraction of sp³-hybridized carbons (Fsp3) is 0.833. The summed E-state index contributed by atoms with van der Waals surface area (Å²) in [4.78, 5) is 4.38. The fourth-order valence-electron chi connectivity index (χ4n) is 1.60. The summed E-state index contributed by atoms with van der Waals surface area (Å²) in [5, 5.41) is 7.22. The number of nitrogens with zero attached hydrogens (tertiary/aromatic N) is 2. The standard InChI is InChI=1S/C12H23N3O2/c1-5-13-8-7-10-14-12(15-17-10)11(9(3)4)16-6-2/h9,11,13H,5-8H2,1-4H3. The Kier molecular flexibility index (Phi) is 6.15. The summed E-state index contributed by atoms with van der Waals surface area (Å²) in [5.41, 5.74) is 0. The van der Waals surface area contributed by atoms with E-state index < -0.39 is 0 Å². The normalized spacial score (nSPS) is 13.2. The molecule has 0 amide bonds. The summed E-state index contributed by atoms with van der Waals surface area (Å²) >= 11 is 0. The van der Waals surface area contributed by atoms with Crippen molar-refractivity contribution in [3.63, 3.8) is 0 Å². The van der Waals surface area contributed by atoms with E-state index in [4.69, 9.17) is 9.26 Å². The van der Waals surface area contributed by atoms with Crippen molar-refractivity contribution in [1.82, 2.24) is 15.5 Å². The molecule has 1 aromatic rings. The van der Waals surface area contributed by atoms with Crippen molar-refractivity contribution in [2.45, 2.75) is 40.2 Å². The van der Waals surface area contributed by atoms with Crippen LogP contribution in [-0.4, -0.2) is 29.8 Å². The molecule has 5 nitrogen and oxygen atoms in total. The maximum Gasteiger partial charge on any atom is 0.228 e. The van der Waals surface area contributed by atoms with Gasteiger partial charge in [0.2, 0.25) is 11.7 Å². The van der Waals surface area contributed by atoms with E-state index >= 15 is 0 Å². The molecule has 0 bridgehead atoms. The Morgan fingerprint density at radius 2 is 2.12 bits per heavy atom. The van der Waals surface area contributed by atoms with Crippen LogP contribution in [0, 0.1) is 5.92 Å².